The van der Waals surface area contributed by atoms with Crippen molar-refractivity contribution in [1.29, 1.82) is 0 Å². The minimum absolute atomic E-state index is 0.0490. The van der Waals surface area contributed by atoms with Crippen LogP contribution >= 0.6 is 0 Å². The lowest BCUT2D eigenvalue weighted by Crippen LogP contribution is -2.26. The third-order valence-electron chi connectivity index (χ3n) is 2.72. The number of rotatable bonds is 6. The Morgan fingerprint density at radius 3 is 2.79 bits per heavy atom. The number of amides is 1. The monoisotopic (exact) mass is 261 g/mol. The van der Waals surface area contributed by atoms with E-state index in [1.54, 1.807) is 18.3 Å². The Balaban J connectivity index is 1.65. The first-order valence-electron chi connectivity index (χ1n) is 6.22. The highest BCUT2D eigenvalue weighted by atomic mass is 19.1. The molecule has 19 heavy (non-hydrogen) atoms. The van der Waals surface area contributed by atoms with E-state index >= 15 is 0 Å². The predicted octanol–water partition coefficient (Wildman–Crippen LogP) is 1.77. The Hall–Kier alpha value is -2.17. The molecule has 0 unspecified atom stereocenters. The van der Waals surface area contributed by atoms with Crippen LogP contribution in [0.2, 0.25) is 0 Å². The lowest BCUT2D eigenvalue weighted by molar-refractivity contribution is -0.120. The minimum atomic E-state index is -0.289. The fraction of sp³-hybridized carbons (Fsp3) is 0.286. The maximum absolute atomic E-state index is 12.7. The van der Waals surface area contributed by atoms with Gasteiger partial charge < -0.3 is 5.32 Å². The first kappa shape index (κ1) is 13.3. The molecule has 0 aliphatic rings. The highest BCUT2D eigenvalue weighted by Crippen LogP contribution is 2.03. The van der Waals surface area contributed by atoms with Gasteiger partial charge in [-0.3, -0.25) is 9.48 Å². The van der Waals surface area contributed by atoms with E-state index in [0.29, 0.717) is 6.54 Å². The minimum Gasteiger partial charge on any atom is -0.356 e. The Bertz CT molecular complexity index is 508. The van der Waals surface area contributed by atoms with Gasteiger partial charge in [0.05, 0.1) is 6.42 Å². The lowest BCUT2D eigenvalue weighted by atomic mass is 10.1. The van der Waals surface area contributed by atoms with Gasteiger partial charge in [-0.2, -0.15) is 5.10 Å². The summed E-state index contributed by atoms with van der Waals surface area (Å²) >= 11 is 0. The van der Waals surface area contributed by atoms with Crippen LogP contribution in [0.4, 0.5) is 4.39 Å². The molecule has 0 radical (unpaired) electrons. The van der Waals surface area contributed by atoms with Gasteiger partial charge in [-0.15, -0.1) is 0 Å². The predicted molar refractivity (Wildman–Crippen MR) is 70.0 cm³/mol. The second-order valence-electron chi connectivity index (χ2n) is 4.28. The van der Waals surface area contributed by atoms with Crippen LogP contribution in [-0.4, -0.2) is 22.2 Å². The number of hydrogen-bond donors (Lipinski definition) is 1. The van der Waals surface area contributed by atoms with Crippen molar-refractivity contribution in [3.8, 4) is 0 Å². The zero-order valence-corrected chi connectivity index (χ0v) is 10.6. The number of hydrogen-bond acceptors (Lipinski definition) is 2. The van der Waals surface area contributed by atoms with E-state index in [1.807, 2.05) is 16.9 Å². The van der Waals surface area contributed by atoms with Crippen LogP contribution < -0.4 is 5.32 Å². The van der Waals surface area contributed by atoms with E-state index in [-0.39, 0.29) is 18.1 Å². The SMILES string of the molecule is O=C(Cc1ccc(F)cc1)NCCCn1cccn1. The summed E-state index contributed by atoms with van der Waals surface area (Å²) in [6.07, 6.45) is 4.73. The van der Waals surface area contributed by atoms with E-state index in [0.717, 1.165) is 18.5 Å². The summed E-state index contributed by atoms with van der Waals surface area (Å²) in [5.74, 6) is -0.338. The van der Waals surface area contributed by atoms with Gasteiger partial charge in [0.15, 0.2) is 0 Å². The Labute approximate surface area is 111 Å². The molecule has 4 nitrogen and oxygen atoms in total. The molecule has 0 aliphatic heterocycles. The summed E-state index contributed by atoms with van der Waals surface area (Å²) in [6, 6.07) is 7.84. The molecule has 0 fully saturated rings. The number of halogens is 1. The van der Waals surface area contributed by atoms with Crippen LogP contribution in [0, 0.1) is 5.82 Å². The molecule has 1 heterocycles. The topological polar surface area (TPSA) is 46.9 Å². The third-order valence-corrected chi connectivity index (χ3v) is 2.72. The first-order valence-corrected chi connectivity index (χ1v) is 6.22. The smallest absolute Gasteiger partial charge is 0.224 e. The van der Waals surface area contributed by atoms with E-state index < -0.39 is 0 Å². The second kappa shape index (κ2) is 6.68. The molecule has 1 N–H and O–H groups in total. The Morgan fingerprint density at radius 2 is 2.11 bits per heavy atom. The lowest BCUT2D eigenvalue weighted by Gasteiger charge is -2.05. The van der Waals surface area contributed by atoms with Crippen molar-refractivity contribution in [2.45, 2.75) is 19.4 Å². The van der Waals surface area contributed by atoms with Crippen molar-refractivity contribution in [3.05, 3.63) is 54.1 Å². The number of nitrogens with one attached hydrogen (secondary N) is 1. The maximum Gasteiger partial charge on any atom is 0.224 e. The molecular formula is C14H16FN3O. The van der Waals surface area contributed by atoms with E-state index in [4.69, 9.17) is 0 Å². The van der Waals surface area contributed by atoms with Crippen molar-refractivity contribution in [2.75, 3.05) is 6.54 Å². The second-order valence-corrected chi connectivity index (χ2v) is 4.28. The van der Waals surface area contributed by atoms with Gasteiger partial charge >= 0.3 is 0 Å². The molecule has 5 heteroatoms. The molecule has 100 valence electrons. The van der Waals surface area contributed by atoms with Crippen molar-refractivity contribution < 1.29 is 9.18 Å². The Morgan fingerprint density at radius 1 is 1.32 bits per heavy atom. The van der Waals surface area contributed by atoms with Crippen molar-refractivity contribution in [3.63, 3.8) is 0 Å². The summed E-state index contributed by atoms with van der Waals surface area (Å²) < 4.78 is 14.5. The highest BCUT2D eigenvalue weighted by molar-refractivity contribution is 5.78. The van der Waals surface area contributed by atoms with Crippen LogP contribution in [-0.2, 0) is 17.8 Å². The molecule has 2 rings (SSSR count). The highest BCUT2D eigenvalue weighted by Gasteiger charge is 2.02. The fourth-order valence-corrected chi connectivity index (χ4v) is 1.75. The molecular weight excluding hydrogens is 245 g/mol. The zero-order chi connectivity index (χ0) is 13.5. The molecule has 0 bridgehead atoms. The summed E-state index contributed by atoms with van der Waals surface area (Å²) in [5.41, 5.74) is 0.811. The molecule has 2 aromatic rings. The van der Waals surface area contributed by atoms with E-state index in [9.17, 15) is 9.18 Å². The number of carbonyl (C=O) groups excluding carboxylic acids is 1. The zero-order valence-electron chi connectivity index (χ0n) is 10.6. The van der Waals surface area contributed by atoms with Gasteiger partial charge in [-0.05, 0) is 30.2 Å². The molecule has 0 atom stereocenters. The quantitative estimate of drug-likeness (QED) is 0.806. The summed E-state index contributed by atoms with van der Waals surface area (Å²) in [5, 5.41) is 6.91. The summed E-state index contributed by atoms with van der Waals surface area (Å²) in [7, 11) is 0. The van der Waals surface area contributed by atoms with Gasteiger partial charge in [-0.1, -0.05) is 12.1 Å². The molecule has 1 amide bonds. The van der Waals surface area contributed by atoms with Crippen LogP contribution in [0.1, 0.15) is 12.0 Å². The van der Waals surface area contributed by atoms with Gasteiger partial charge in [0, 0.05) is 25.5 Å². The van der Waals surface area contributed by atoms with Crippen molar-refractivity contribution in [1.82, 2.24) is 15.1 Å². The molecule has 0 saturated heterocycles. The average Bonchev–Trinajstić information content (AvgIpc) is 2.91. The number of nitrogens with zero attached hydrogens (tertiary/aromatic N) is 2. The first-order chi connectivity index (χ1) is 9.24. The Kier molecular flexibility index (Phi) is 4.66. The summed E-state index contributed by atoms with van der Waals surface area (Å²) in [6.45, 7) is 1.39. The average molecular weight is 261 g/mol. The molecule has 1 aromatic carbocycles. The van der Waals surface area contributed by atoms with Gasteiger partial charge in [0.25, 0.3) is 0 Å². The van der Waals surface area contributed by atoms with Crippen LogP contribution in [0.25, 0.3) is 0 Å². The number of aryl methyl sites for hydroxylation is 1. The van der Waals surface area contributed by atoms with Crippen LogP contribution in [0.15, 0.2) is 42.7 Å². The molecule has 0 aliphatic carbocycles. The summed E-state index contributed by atoms with van der Waals surface area (Å²) in [4.78, 5) is 11.6. The molecule has 1 aromatic heterocycles. The van der Waals surface area contributed by atoms with Crippen molar-refractivity contribution in [2.24, 2.45) is 0 Å². The van der Waals surface area contributed by atoms with Crippen LogP contribution in [0.3, 0.4) is 0 Å². The largest absolute Gasteiger partial charge is 0.356 e. The van der Waals surface area contributed by atoms with E-state index in [2.05, 4.69) is 10.4 Å². The fourth-order valence-electron chi connectivity index (χ4n) is 1.75. The van der Waals surface area contributed by atoms with Gasteiger partial charge in [0.1, 0.15) is 5.82 Å². The maximum atomic E-state index is 12.7. The molecule has 0 saturated carbocycles. The standard InChI is InChI=1S/C14H16FN3O/c15-13-5-3-12(4-6-13)11-14(19)16-7-1-9-18-10-2-8-17-18/h2-6,8,10H,1,7,9,11H2,(H,16,19). The number of aromatic nitrogens is 2. The van der Waals surface area contributed by atoms with Gasteiger partial charge in [0.2, 0.25) is 5.91 Å². The molecule has 0 spiro atoms. The van der Waals surface area contributed by atoms with Crippen LogP contribution in [0.5, 0.6) is 0 Å². The number of benzene rings is 1. The number of carbonyl (C=O) groups is 1. The van der Waals surface area contributed by atoms with Gasteiger partial charge in [-0.25, -0.2) is 4.39 Å². The van der Waals surface area contributed by atoms with E-state index in [1.165, 1.54) is 12.1 Å². The normalized spacial score (nSPS) is 10.4. The van der Waals surface area contributed by atoms with Crippen molar-refractivity contribution >= 4 is 5.91 Å². The third kappa shape index (κ3) is 4.54.